The molecule has 0 aliphatic carbocycles. The number of anilines is 1. The SMILES string of the molecule is C[C@H](/C=C/C(=O)N1CC[C@@H](N(C)c2nc(OC[C@@]34CCCN3C[C@H](F)C4)nc3c(F)c(-c4cccc5ccc(F)c(F)c45)ncc23)C1)NC(=O)OC(C)(C)C. The van der Waals surface area contributed by atoms with Crippen LogP contribution in [0.25, 0.3) is 32.9 Å². The molecular weight excluding hydrogens is 718 g/mol. The smallest absolute Gasteiger partial charge is 0.408 e. The molecule has 1 N–H and O–H groups in total. The molecule has 0 unspecified atom stereocenters. The van der Waals surface area contributed by atoms with Crippen molar-refractivity contribution in [2.75, 3.05) is 44.7 Å². The first-order chi connectivity index (χ1) is 26.1. The Morgan fingerprint density at radius 2 is 1.91 bits per heavy atom. The molecule has 3 aliphatic rings. The summed E-state index contributed by atoms with van der Waals surface area (Å²) < 4.78 is 72.5. The quantitative estimate of drug-likeness (QED) is 0.147. The van der Waals surface area contributed by atoms with Gasteiger partial charge in [-0.05, 0) is 65.0 Å². The number of rotatable bonds is 9. The van der Waals surface area contributed by atoms with E-state index in [0.717, 1.165) is 25.5 Å². The van der Waals surface area contributed by atoms with E-state index in [2.05, 4.69) is 20.2 Å². The first-order valence-corrected chi connectivity index (χ1v) is 18.6. The zero-order chi connectivity index (χ0) is 39.2. The molecule has 292 valence electrons. The number of aromatic nitrogens is 3. The lowest BCUT2D eigenvalue weighted by atomic mass is 9.95. The number of pyridine rings is 1. The molecule has 3 aliphatic heterocycles. The molecular formula is C40H45F4N7O4. The fourth-order valence-corrected chi connectivity index (χ4v) is 8.00. The van der Waals surface area contributed by atoms with Gasteiger partial charge in [-0.25, -0.2) is 22.4 Å². The number of benzene rings is 2. The fraction of sp³-hybridized carbons (Fsp3) is 0.475. The van der Waals surface area contributed by atoms with Crippen molar-refractivity contribution in [2.45, 2.75) is 82.8 Å². The third kappa shape index (κ3) is 7.76. The maximum Gasteiger partial charge on any atom is 0.408 e. The van der Waals surface area contributed by atoms with Crippen LogP contribution in [0.4, 0.5) is 28.2 Å². The second-order valence-electron chi connectivity index (χ2n) is 15.8. The van der Waals surface area contributed by atoms with E-state index in [9.17, 15) is 18.4 Å². The van der Waals surface area contributed by atoms with Gasteiger partial charge in [-0.2, -0.15) is 9.97 Å². The summed E-state index contributed by atoms with van der Waals surface area (Å²) in [6, 6.07) is 6.30. The average Bonchev–Trinajstić information content (AvgIpc) is 3.85. The Morgan fingerprint density at radius 1 is 1.11 bits per heavy atom. The van der Waals surface area contributed by atoms with E-state index >= 15 is 8.78 Å². The van der Waals surface area contributed by atoms with Gasteiger partial charge in [0.25, 0.3) is 0 Å². The van der Waals surface area contributed by atoms with Gasteiger partial charge in [-0.15, -0.1) is 0 Å². The zero-order valence-corrected chi connectivity index (χ0v) is 31.5. The van der Waals surface area contributed by atoms with E-state index in [1.165, 1.54) is 24.4 Å². The second kappa shape index (κ2) is 14.9. The lowest BCUT2D eigenvalue weighted by Crippen LogP contribution is -2.43. The highest BCUT2D eigenvalue weighted by atomic mass is 19.2. The first kappa shape index (κ1) is 38.2. The van der Waals surface area contributed by atoms with E-state index in [1.54, 1.807) is 57.9 Å². The van der Waals surface area contributed by atoms with Gasteiger partial charge in [-0.3, -0.25) is 14.7 Å². The predicted octanol–water partition coefficient (Wildman–Crippen LogP) is 6.72. The molecule has 7 rings (SSSR count). The summed E-state index contributed by atoms with van der Waals surface area (Å²) >= 11 is 0. The molecule has 0 bridgehead atoms. The Kier molecular flexibility index (Phi) is 10.3. The molecule has 3 fully saturated rings. The summed E-state index contributed by atoms with van der Waals surface area (Å²) in [7, 11) is 1.78. The van der Waals surface area contributed by atoms with Crippen LogP contribution in [-0.4, -0.2) is 106 Å². The van der Waals surface area contributed by atoms with Crippen molar-refractivity contribution in [3.8, 4) is 17.3 Å². The second-order valence-corrected chi connectivity index (χ2v) is 15.8. The summed E-state index contributed by atoms with van der Waals surface area (Å²) in [6.45, 7) is 8.96. The Bertz CT molecular complexity index is 2160. The van der Waals surface area contributed by atoms with Crippen molar-refractivity contribution in [1.29, 1.82) is 0 Å². The molecule has 4 atom stereocenters. The Morgan fingerprint density at radius 3 is 2.69 bits per heavy atom. The summed E-state index contributed by atoms with van der Waals surface area (Å²) in [4.78, 5) is 44.6. The number of alkyl halides is 1. The van der Waals surface area contributed by atoms with Gasteiger partial charge in [0, 0.05) is 68.4 Å². The molecule has 0 spiro atoms. The maximum absolute atomic E-state index is 16.8. The summed E-state index contributed by atoms with van der Waals surface area (Å²) in [5.41, 5.74) is -1.48. The third-order valence-corrected chi connectivity index (χ3v) is 10.7. The van der Waals surface area contributed by atoms with E-state index in [-0.39, 0.29) is 52.1 Å². The van der Waals surface area contributed by atoms with E-state index in [0.29, 0.717) is 43.7 Å². The Balaban J connectivity index is 1.18. The van der Waals surface area contributed by atoms with E-state index < -0.39 is 46.9 Å². The van der Waals surface area contributed by atoms with E-state index in [1.807, 2.05) is 4.90 Å². The fourth-order valence-electron chi connectivity index (χ4n) is 8.00. The molecule has 0 saturated carbocycles. The number of carbonyl (C=O) groups excluding carboxylic acids is 2. The van der Waals surface area contributed by atoms with Gasteiger partial charge in [0.1, 0.15) is 35.4 Å². The van der Waals surface area contributed by atoms with Crippen LogP contribution in [-0.2, 0) is 9.53 Å². The normalized spacial score (nSPS) is 22.1. The van der Waals surface area contributed by atoms with Gasteiger partial charge >= 0.3 is 12.1 Å². The number of hydrogen-bond acceptors (Lipinski definition) is 9. The van der Waals surface area contributed by atoms with E-state index in [4.69, 9.17) is 14.5 Å². The number of nitrogens with zero attached hydrogens (tertiary/aromatic N) is 6. The average molecular weight is 764 g/mol. The number of nitrogens with one attached hydrogen (secondary N) is 1. The molecule has 3 saturated heterocycles. The lowest BCUT2D eigenvalue weighted by Gasteiger charge is -2.31. The van der Waals surface area contributed by atoms with Crippen molar-refractivity contribution in [3.63, 3.8) is 0 Å². The standard InChI is InChI=1S/C40H45F4N7O4/c1-23(46-38(53)55-39(2,3)4)10-13-30(52)50-17-14-26(21-50)49(5)36-28-19-45-34(27-9-6-8-24-11-12-29(42)32(43)31(24)27)33(44)35(28)47-37(48-36)54-22-40-15-7-16-51(40)20-25(41)18-40/h6,8-13,19,23,25-26H,7,14-18,20-22H2,1-5H3,(H,46,53)/b13-10+/t23-,25-,26-,40+/m1/s1. The molecule has 0 radical (unpaired) electrons. The van der Waals surface area contributed by atoms with Crippen LogP contribution in [0.1, 0.15) is 53.4 Å². The first-order valence-electron chi connectivity index (χ1n) is 18.6. The topological polar surface area (TPSA) is 113 Å². The van der Waals surface area contributed by atoms with Crippen molar-refractivity contribution in [2.24, 2.45) is 0 Å². The van der Waals surface area contributed by atoms with Crippen LogP contribution in [0.15, 0.2) is 48.7 Å². The number of carbonyl (C=O) groups is 2. The number of fused-ring (bicyclic) bond motifs is 3. The number of alkyl carbamates (subject to hydrolysis) is 1. The molecule has 2 amide bonds. The summed E-state index contributed by atoms with van der Waals surface area (Å²) in [5, 5.41) is 3.19. The number of likely N-dealkylation sites (tertiary alicyclic amines) is 1. The van der Waals surface area contributed by atoms with Crippen molar-refractivity contribution < 1.29 is 36.6 Å². The number of ether oxygens (including phenoxy) is 2. The van der Waals surface area contributed by atoms with Crippen LogP contribution in [0.5, 0.6) is 6.01 Å². The highest BCUT2D eigenvalue weighted by molar-refractivity contribution is 5.99. The minimum Gasteiger partial charge on any atom is -0.461 e. The molecule has 5 heterocycles. The van der Waals surface area contributed by atoms with Crippen molar-refractivity contribution in [1.82, 2.24) is 30.1 Å². The summed E-state index contributed by atoms with van der Waals surface area (Å²) in [6.07, 6.45) is 5.36. The number of halogens is 4. The molecule has 2 aromatic carbocycles. The van der Waals surface area contributed by atoms with Gasteiger partial charge in [0.15, 0.2) is 17.5 Å². The molecule has 11 nitrogen and oxygen atoms in total. The van der Waals surface area contributed by atoms with Crippen LogP contribution >= 0.6 is 0 Å². The van der Waals surface area contributed by atoms with Gasteiger partial charge < -0.3 is 24.6 Å². The number of likely N-dealkylation sites (N-methyl/N-ethyl adjacent to an activating group) is 1. The monoisotopic (exact) mass is 763 g/mol. The highest BCUT2D eigenvalue weighted by Gasteiger charge is 2.49. The van der Waals surface area contributed by atoms with Crippen LogP contribution in [0, 0.1) is 17.5 Å². The Hall–Kier alpha value is -5.05. The number of hydrogen-bond donors (Lipinski definition) is 1. The Labute approximate surface area is 316 Å². The highest BCUT2D eigenvalue weighted by Crippen LogP contribution is 2.41. The third-order valence-electron chi connectivity index (χ3n) is 10.7. The van der Waals surface area contributed by atoms with Crippen LogP contribution in [0.3, 0.4) is 0 Å². The van der Waals surface area contributed by atoms with Gasteiger partial charge in [0.2, 0.25) is 5.91 Å². The van der Waals surface area contributed by atoms with Gasteiger partial charge in [0.05, 0.1) is 10.9 Å². The molecule has 55 heavy (non-hydrogen) atoms. The van der Waals surface area contributed by atoms with Crippen LogP contribution in [0.2, 0.25) is 0 Å². The summed E-state index contributed by atoms with van der Waals surface area (Å²) in [5.74, 6) is -3.01. The predicted molar refractivity (Wildman–Crippen MR) is 200 cm³/mol. The minimum absolute atomic E-state index is 0.0546. The molecule has 15 heteroatoms. The van der Waals surface area contributed by atoms with Crippen LogP contribution < -0.4 is 15.0 Å². The number of amides is 2. The van der Waals surface area contributed by atoms with Crippen molar-refractivity contribution in [3.05, 3.63) is 66.1 Å². The largest absolute Gasteiger partial charge is 0.461 e. The molecule has 2 aromatic heterocycles. The van der Waals surface area contributed by atoms with Gasteiger partial charge in [-0.1, -0.05) is 30.3 Å². The zero-order valence-electron chi connectivity index (χ0n) is 31.5. The van der Waals surface area contributed by atoms with Crippen molar-refractivity contribution >= 4 is 39.5 Å². The molecule has 4 aromatic rings. The lowest BCUT2D eigenvalue weighted by molar-refractivity contribution is -0.125. The minimum atomic E-state index is -1.12. The maximum atomic E-state index is 16.8.